The number of benzene rings is 1. The third-order valence-electron chi connectivity index (χ3n) is 2.58. The molecule has 0 saturated carbocycles. The van der Waals surface area contributed by atoms with Crippen LogP contribution in [-0.2, 0) is 6.42 Å². The van der Waals surface area contributed by atoms with Gasteiger partial charge in [-0.2, -0.15) is 0 Å². The van der Waals surface area contributed by atoms with E-state index in [9.17, 15) is 9.90 Å². The molecule has 0 saturated heterocycles. The number of hydrogen-bond acceptors (Lipinski definition) is 3. The van der Waals surface area contributed by atoms with Crippen molar-refractivity contribution in [3.63, 3.8) is 0 Å². The second-order valence-electron chi connectivity index (χ2n) is 4.70. The second-order valence-corrected chi connectivity index (χ2v) is 6.14. The van der Waals surface area contributed by atoms with E-state index in [-0.39, 0.29) is 0 Å². The third kappa shape index (κ3) is 3.33. The van der Waals surface area contributed by atoms with Crippen LogP contribution in [-0.4, -0.2) is 16.1 Å². The molecule has 0 unspecified atom stereocenters. The summed E-state index contributed by atoms with van der Waals surface area (Å²) in [5, 5.41) is 10.6. The summed E-state index contributed by atoms with van der Waals surface area (Å²) >= 11 is 7.06. The number of halogens is 1. The fourth-order valence-corrected chi connectivity index (χ4v) is 2.82. The van der Waals surface area contributed by atoms with Crippen LogP contribution in [0.4, 0.5) is 0 Å². The van der Waals surface area contributed by atoms with Crippen LogP contribution >= 0.6 is 22.9 Å². The molecule has 1 aromatic heterocycles. The molecule has 0 atom stereocenters. The van der Waals surface area contributed by atoms with Crippen molar-refractivity contribution in [3.8, 4) is 10.6 Å². The minimum Gasteiger partial charge on any atom is -0.477 e. The Labute approximate surface area is 120 Å². The topological polar surface area (TPSA) is 50.2 Å². The molecule has 19 heavy (non-hydrogen) atoms. The number of hydrogen-bond donors (Lipinski definition) is 1. The monoisotopic (exact) mass is 295 g/mol. The normalized spacial score (nSPS) is 10.9. The van der Waals surface area contributed by atoms with Crippen molar-refractivity contribution in [1.29, 1.82) is 0 Å². The molecule has 1 aromatic carbocycles. The molecule has 2 rings (SSSR count). The molecular weight excluding hydrogens is 282 g/mol. The highest BCUT2D eigenvalue weighted by Gasteiger charge is 2.18. The Kier molecular flexibility index (Phi) is 4.22. The van der Waals surface area contributed by atoms with Gasteiger partial charge < -0.3 is 5.11 Å². The van der Waals surface area contributed by atoms with Gasteiger partial charge in [-0.15, -0.1) is 11.3 Å². The van der Waals surface area contributed by atoms with Crippen molar-refractivity contribution < 1.29 is 9.90 Å². The lowest BCUT2D eigenvalue weighted by Crippen LogP contribution is -2.02. The standard InChI is InChI=1S/C14H14ClNO2S/c1-8(2)7-11-12(14(17)18)19-13(16-11)9-3-5-10(15)6-4-9/h3-6,8H,7H2,1-2H3,(H,17,18). The van der Waals surface area contributed by atoms with Crippen LogP contribution in [0.2, 0.25) is 5.02 Å². The quantitative estimate of drug-likeness (QED) is 0.911. The van der Waals surface area contributed by atoms with E-state index in [4.69, 9.17) is 11.6 Å². The van der Waals surface area contributed by atoms with Gasteiger partial charge in [-0.25, -0.2) is 9.78 Å². The lowest BCUT2D eigenvalue weighted by molar-refractivity contribution is 0.0700. The predicted octanol–water partition coefficient (Wildman–Crippen LogP) is 4.36. The first-order valence-electron chi connectivity index (χ1n) is 5.96. The number of rotatable bonds is 4. The fraction of sp³-hybridized carbons (Fsp3) is 0.286. The molecule has 0 aliphatic carbocycles. The zero-order valence-corrected chi connectivity index (χ0v) is 12.3. The van der Waals surface area contributed by atoms with Crippen LogP contribution in [0.1, 0.15) is 29.2 Å². The van der Waals surface area contributed by atoms with Crippen molar-refractivity contribution in [1.82, 2.24) is 4.98 Å². The summed E-state index contributed by atoms with van der Waals surface area (Å²) in [7, 11) is 0. The van der Waals surface area contributed by atoms with Gasteiger partial charge in [0, 0.05) is 10.6 Å². The molecule has 0 aliphatic rings. The van der Waals surface area contributed by atoms with E-state index in [1.54, 1.807) is 12.1 Å². The zero-order valence-electron chi connectivity index (χ0n) is 10.7. The average molecular weight is 296 g/mol. The first kappa shape index (κ1) is 14.0. The van der Waals surface area contributed by atoms with Crippen molar-refractivity contribution >= 4 is 28.9 Å². The molecule has 0 spiro atoms. The Morgan fingerprint density at radius 3 is 2.53 bits per heavy atom. The van der Waals surface area contributed by atoms with Crippen LogP contribution < -0.4 is 0 Å². The second kappa shape index (κ2) is 5.72. The van der Waals surface area contributed by atoms with E-state index in [0.717, 1.165) is 10.6 Å². The fourth-order valence-electron chi connectivity index (χ4n) is 1.76. The molecule has 100 valence electrons. The molecule has 0 bridgehead atoms. The van der Waals surface area contributed by atoms with Crippen molar-refractivity contribution in [2.75, 3.05) is 0 Å². The lowest BCUT2D eigenvalue weighted by Gasteiger charge is -2.01. The summed E-state index contributed by atoms with van der Waals surface area (Å²) in [6, 6.07) is 7.26. The number of carboxylic acid groups (broad SMARTS) is 1. The molecule has 1 heterocycles. The Morgan fingerprint density at radius 2 is 2.00 bits per heavy atom. The number of nitrogens with zero attached hydrogens (tertiary/aromatic N) is 1. The maximum atomic E-state index is 11.3. The highest BCUT2D eigenvalue weighted by molar-refractivity contribution is 7.17. The largest absolute Gasteiger partial charge is 0.477 e. The Bertz CT molecular complexity index is 590. The summed E-state index contributed by atoms with van der Waals surface area (Å²) in [6.07, 6.45) is 0.672. The van der Waals surface area contributed by atoms with Gasteiger partial charge in [0.05, 0.1) is 5.69 Å². The van der Waals surface area contributed by atoms with E-state index >= 15 is 0 Å². The van der Waals surface area contributed by atoms with Gasteiger partial charge in [0.1, 0.15) is 9.88 Å². The number of thiazole rings is 1. The molecule has 3 nitrogen and oxygen atoms in total. The van der Waals surface area contributed by atoms with Gasteiger partial charge in [0.2, 0.25) is 0 Å². The Hall–Kier alpha value is -1.39. The minimum atomic E-state index is -0.909. The van der Waals surface area contributed by atoms with Gasteiger partial charge in [-0.05, 0) is 24.5 Å². The number of carbonyl (C=O) groups is 1. The van der Waals surface area contributed by atoms with Gasteiger partial charge in [-0.3, -0.25) is 0 Å². The maximum Gasteiger partial charge on any atom is 0.347 e. The van der Waals surface area contributed by atoms with Crippen molar-refractivity contribution in [3.05, 3.63) is 39.9 Å². The van der Waals surface area contributed by atoms with Gasteiger partial charge in [0.25, 0.3) is 0 Å². The summed E-state index contributed by atoms with van der Waals surface area (Å²) < 4.78 is 0. The van der Waals surface area contributed by atoms with Crippen LogP contribution in [0.15, 0.2) is 24.3 Å². The number of aromatic carboxylic acids is 1. The first-order valence-corrected chi connectivity index (χ1v) is 7.15. The molecule has 0 radical (unpaired) electrons. The average Bonchev–Trinajstić information content (AvgIpc) is 2.73. The zero-order chi connectivity index (χ0) is 14.0. The molecular formula is C14H14ClNO2S. The SMILES string of the molecule is CC(C)Cc1nc(-c2ccc(Cl)cc2)sc1C(=O)O. The molecule has 1 N–H and O–H groups in total. The Morgan fingerprint density at radius 1 is 1.37 bits per heavy atom. The van der Waals surface area contributed by atoms with E-state index in [1.165, 1.54) is 11.3 Å². The molecule has 2 aromatic rings. The van der Waals surface area contributed by atoms with Crippen molar-refractivity contribution in [2.45, 2.75) is 20.3 Å². The first-order chi connectivity index (χ1) is 8.97. The van der Waals surface area contributed by atoms with E-state index < -0.39 is 5.97 Å². The highest BCUT2D eigenvalue weighted by Crippen LogP contribution is 2.30. The summed E-state index contributed by atoms with van der Waals surface area (Å²) in [5.74, 6) is -0.536. The van der Waals surface area contributed by atoms with Gasteiger partial charge in [0.15, 0.2) is 0 Å². The van der Waals surface area contributed by atoms with E-state index in [1.807, 2.05) is 26.0 Å². The van der Waals surface area contributed by atoms with Gasteiger partial charge >= 0.3 is 5.97 Å². The predicted molar refractivity (Wildman–Crippen MR) is 78.1 cm³/mol. The van der Waals surface area contributed by atoms with Gasteiger partial charge in [-0.1, -0.05) is 37.6 Å². The van der Waals surface area contributed by atoms with Crippen LogP contribution in [0.5, 0.6) is 0 Å². The molecule has 0 aliphatic heterocycles. The lowest BCUT2D eigenvalue weighted by atomic mass is 10.1. The molecule has 0 amide bonds. The minimum absolute atomic E-state index is 0.332. The highest BCUT2D eigenvalue weighted by atomic mass is 35.5. The van der Waals surface area contributed by atoms with E-state index in [0.29, 0.717) is 27.9 Å². The smallest absolute Gasteiger partial charge is 0.347 e. The number of aromatic nitrogens is 1. The summed E-state index contributed by atoms with van der Waals surface area (Å²) in [4.78, 5) is 16.0. The number of carboxylic acids is 1. The van der Waals surface area contributed by atoms with Crippen LogP contribution in [0.25, 0.3) is 10.6 Å². The Balaban J connectivity index is 2.42. The van der Waals surface area contributed by atoms with E-state index in [2.05, 4.69) is 4.98 Å². The summed E-state index contributed by atoms with van der Waals surface area (Å²) in [5.41, 5.74) is 1.56. The van der Waals surface area contributed by atoms with Crippen LogP contribution in [0, 0.1) is 5.92 Å². The summed E-state index contributed by atoms with van der Waals surface area (Å²) in [6.45, 7) is 4.10. The third-order valence-corrected chi connectivity index (χ3v) is 3.97. The maximum absolute atomic E-state index is 11.3. The molecule has 0 fully saturated rings. The van der Waals surface area contributed by atoms with Crippen LogP contribution in [0.3, 0.4) is 0 Å². The molecule has 5 heteroatoms. The van der Waals surface area contributed by atoms with Crippen molar-refractivity contribution in [2.24, 2.45) is 5.92 Å².